The fraction of sp³-hybridized carbons (Fsp3) is 0.259. The molecule has 4 heterocycles. The van der Waals surface area contributed by atoms with Gasteiger partial charge in [0.15, 0.2) is 10.8 Å². The molecule has 1 fully saturated rings. The van der Waals surface area contributed by atoms with Gasteiger partial charge < -0.3 is 37.6 Å². The van der Waals surface area contributed by atoms with Gasteiger partial charge in [0.05, 0.1) is 6.07 Å². The Kier molecular flexibility index (Phi) is 9.08. The number of aliphatic carboxylic acids is 2. The molecule has 2 atom stereocenters. The molecule has 19 heteroatoms. The SMILES string of the molecule is CC(C)(O/N=C(\C(=O)NC1C(=O)N2C(C(=O)O)=C(CSc3nc(N)cc(N)[n+]3-c3ccccc3)CSC12)c1csc(N)n1)C(=O)O. The monoisotopic (exact) mass is 686 g/mol. The van der Waals surface area contributed by atoms with Gasteiger partial charge in [-0.15, -0.1) is 23.1 Å². The van der Waals surface area contributed by atoms with Gasteiger partial charge in [-0.2, -0.15) is 4.57 Å². The Hall–Kier alpha value is -4.88. The third-order valence-electron chi connectivity index (χ3n) is 6.76. The van der Waals surface area contributed by atoms with Gasteiger partial charge in [0.1, 0.15) is 28.5 Å². The number of thiazole rings is 1. The van der Waals surface area contributed by atoms with Crippen LogP contribution in [-0.2, 0) is 24.0 Å². The van der Waals surface area contributed by atoms with E-state index in [1.165, 1.54) is 48.8 Å². The Bertz CT molecular complexity index is 1800. The zero-order chi connectivity index (χ0) is 33.3. The Morgan fingerprint density at radius 1 is 1.20 bits per heavy atom. The van der Waals surface area contributed by atoms with E-state index in [0.29, 0.717) is 16.5 Å². The van der Waals surface area contributed by atoms with Gasteiger partial charge >= 0.3 is 17.1 Å². The molecule has 2 aliphatic rings. The normalized spacial score (nSPS) is 18.1. The van der Waals surface area contributed by atoms with E-state index in [1.807, 2.05) is 30.3 Å². The number of anilines is 3. The van der Waals surface area contributed by atoms with Gasteiger partial charge in [0, 0.05) is 16.9 Å². The molecular formula is C27H28N9O7S3+. The van der Waals surface area contributed by atoms with Crippen molar-refractivity contribution in [3.63, 3.8) is 0 Å². The van der Waals surface area contributed by atoms with Crippen molar-refractivity contribution >= 4 is 81.1 Å². The number of aromatic nitrogens is 3. The molecule has 3 aromatic rings. The van der Waals surface area contributed by atoms with E-state index in [1.54, 1.807) is 4.57 Å². The number of carboxylic acid groups (broad SMARTS) is 2. The summed E-state index contributed by atoms with van der Waals surface area (Å²) < 4.78 is 1.69. The second-order valence-corrected chi connectivity index (χ2v) is 13.3. The molecule has 2 aliphatic heterocycles. The fourth-order valence-electron chi connectivity index (χ4n) is 4.41. The van der Waals surface area contributed by atoms with Gasteiger partial charge in [-0.25, -0.2) is 14.6 Å². The molecule has 2 amide bonds. The first-order valence-corrected chi connectivity index (χ1v) is 16.3. The average molecular weight is 687 g/mol. The molecule has 1 saturated heterocycles. The number of nitrogens with zero attached hydrogens (tertiary/aromatic N) is 5. The molecule has 0 radical (unpaired) electrons. The van der Waals surface area contributed by atoms with Crippen LogP contribution in [0.5, 0.6) is 0 Å². The number of rotatable bonds is 11. The number of hydrogen-bond donors (Lipinski definition) is 6. The maximum Gasteiger partial charge on any atom is 0.352 e. The minimum Gasteiger partial charge on any atom is -0.478 e. The Morgan fingerprint density at radius 3 is 2.54 bits per heavy atom. The Morgan fingerprint density at radius 2 is 1.91 bits per heavy atom. The molecule has 9 N–H and O–H groups in total. The van der Waals surface area contributed by atoms with Crippen molar-refractivity contribution in [1.82, 2.24) is 20.2 Å². The number of para-hydroxylation sites is 1. The molecule has 2 unspecified atom stereocenters. The zero-order valence-electron chi connectivity index (χ0n) is 24.2. The van der Waals surface area contributed by atoms with E-state index in [2.05, 4.69) is 20.4 Å². The van der Waals surface area contributed by atoms with Gasteiger partial charge in [0.2, 0.25) is 17.2 Å². The van der Waals surface area contributed by atoms with Crippen molar-refractivity contribution in [1.29, 1.82) is 0 Å². The third kappa shape index (κ3) is 6.42. The number of carboxylic acids is 2. The van der Waals surface area contributed by atoms with Crippen LogP contribution in [0.25, 0.3) is 5.69 Å². The summed E-state index contributed by atoms with van der Waals surface area (Å²) >= 11 is 3.50. The molecule has 2 aromatic heterocycles. The van der Waals surface area contributed by atoms with E-state index in [-0.39, 0.29) is 33.8 Å². The van der Waals surface area contributed by atoms with Crippen molar-refractivity contribution in [2.24, 2.45) is 5.16 Å². The van der Waals surface area contributed by atoms with Gasteiger partial charge in [-0.1, -0.05) is 28.3 Å². The molecule has 0 saturated carbocycles. The number of oxime groups is 1. The topological polar surface area (TPSA) is 253 Å². The standard InChI is InChI=1S/C27H27N9O7S3/c1-27(2,24(41)42)43-34-17(14-11-45-25(30)31-14)20(37)33-18-21(38)36-19(23(39)40)12(9-44-22(18)36)10-46-26-32-15(28)8-16(29)35(26)13-6-4-3-5-7-13/h3-8,11,18,22H,9-10H2,1-2H3,(H8,28,29,30,31,33,37,39,40,41,42)/p+1/b34-17-. The molecular weight excluding hydrogens is 659 g/mol. The summed E-state index contributed by atoms with van der Waals surface area (Å²) in [4.78, 5) is 65.3. The molecule has 240 valence electrons. The zero-order valence-corrected chi connectivity index (χ0v) is 26.7. The Balaban J connectivity index is 1.36. The van der Waals surface area contributed by atoms with E-state index in [0.717, 1.165) is 21.9 Å². The van der Waals surface area contributed by atoms with Gasteiger partial charge in [-0.05, 0) is 43.3 Å². The van der Waals surface area contributed by atoms with Crippen molar-refractivity contribution in [3.8, 4) is 5.69 Å². The lowest BCUT2D eigenvalue weighted by Gasteiger charge is -2.49. The third-order valence-corrected chi connectivity index (χ3v) is 9.79. The van der Waals surface area contributed by atoms with Crippen molar-refractivity contribution in [2.45, 2.75) is 36.0 Å². The number of thioether (sulfide) groups is 2. The summed E-state index contributed by atoms with van der Waals surface area (Å²) in [5.74, 6) is -3.26. The van der Waals surface area contributed by atoms with Crippen molar-refractivity contribution in [2.75, 3.05) is 28.7 Å². The number of nitrogens with two attached hydrogens (primary N) is 3. The highest BCUT2D eigenvalue weighted by molar-refractivity contribution is 8.01. The number of carbonyl (C=O) groups is 4. The first-order valence-electron chi connectivity index (χ1n) is 13.4. The first kappa shape index (κ1) is 32.5. The summed E-state index contributed by atoms with van der Waals surface area (Å²) in [7, 11) is 0. The molecule has 0 bridgehead atoms. The van der Waals surface area contributed by atoms with Crippen LogP contribution in [0.4, 0.5) is 16.8 Å². The minimum atomic E-state index is -1.78. The smallest absolute Gasteiger partial charge is 0.352 e. The lowest BCUT2D eigenvalue weighted by atomic mass is 10.0. The number of hydrogen-bond acceptors (Lipinski definition) is 14. The van der Waals surface area contributed by atoms with Crippen LogP contribution in [0.2, 0.25) is 0 Å². The number of amides is 2. The van der Waals surface area contributed by atoms with Crippen molar-refractivity contribution in [3.05, 3.63) is 58.7 Å². The van der Waals surface area contributed by atoms with Crippen LogP contribution in [0.3, 0.4) is 0 Å². The molecule has 5 rings (SSSR count). The number of nitrogens with one attached hydrogen (secondary N) is 1. The van der Waals surface area contributed by atoms with Crippen LogP contribution in [-0.4, -0.2) is 83.1 Å². The highest BCUT2D eigenvalue weighted by Crippen LogP contribution is 2.41. The molecule has 46 heavy (non-hydrogen) atoms. The second kappa shape index (κ2) is 12.9. The van der Waals surface area contributed by atoms with E-state index in [4.69, 9.17) is 22.0 Å². The highest BCUT2D eigenvalue weighted by Gasteiger charge is 2.54. The maximum atomic E-state index is 13.3. The van der Waals surface area contributed by atoms with Gasteiger partial charge in [0.25, 0.3) is 11.8 Å². The fourth-order valence-corrected chi connectivity index (χ4v) is 7.48. The molecule has 1 aromatic carbocycles. The Labute approximate surface area is 273 Å². The number of β-lactam (4-membered cyclic amide) rings is 1. The first-order chi connectivity index (χ1) is 21.8. The predicted octanol–water partition coefficient (Wildman–Crippen LogP) is 0.676. The number of nitrogen functional groups attached to an aromatic ring is 3. The predicted molar refractivity (Wildman–Crippen MR) is 171 cm³/mol. The van der Waals surface area contributed by atoms with E-state index < -0.39 is 46.5 Å². The maximum absolute atomic E-state index is 13.3. The van der Waals surface area contributed by atoms with E-state index >= 15 is 0 Å². The summed E-state index contributed by atoms with van der Waals surface area (Å²) in [6, 6.07) is 9.63. The second-order valence-electron chi connectivity index (χ2n) is 10.4. The van der Waals surface area contributed by atoms with Crippen molar-refractivity contribution < 1.29 is 38.8 Å². The largest absolute Gasteiger partial charge is 0.478 e. The molecule has 0 aliphatic carbocycles. The molecule has 0 spiro atoms. The summed E-state index contributed by atoms with van der Waals surface area (Å²) in [5.41, 5.74) is 16.8. The van der Waals surface area contributed by atoms with Crippen LogP contribution < -0.4 is 27.1 Å². The van der Waals surface area contributed by atoms with Crippen LogP contribution in [0.15, 0.2) is 63.4 Å². The lowest BCUT2D eigenvalue weighted by molar-refractivity contribution is -0.626. The number of fused-ring (bicyclic) bond motifs is 1. The number of carbonyl (C=O) groups excluding carboxylic acids is 2. The van der Waals surface area contributed by atoms with Crippen LogP contribution >= 0.6 is 34.9 Å². The highest BCUT2D eigenvalue weighted by atomic mass is 32.2. The quantitative estimate of drug-likeness (QED) is 0.0405. The molecule has 16 nitrogen and oxygen atoms in total. The van der Waals surface area contributed by atoms with Crippen LogP contribution in [0, 0.1) is 0 Å². The van der Waals surface area contributed by atoms with Gasteiger partial charge in [-0.3, -0.25) is 14.5 Å². The van der Waals surface area contributed by atoms with E-state index in [9.17, 15) is 29.4 Å². The minimum absolute atomic E-state index is 0.00934. The van der Waals surface area contributed by atoms with Crippen LogP contribution in [0.1, 0.15) is 19.5 Å². The summed E-state index contributed by atoms with van der Waals surface area (Å²) in [5, 5.41) is 27.0. The lowest BCUT2D eigenvalue weighted by Crippen LogP contribution is -2.71. The average Bonchev–Trinajstić information content (AvgIpc) is 3.43. The summed E-state index contributed by atoms with van der Waals surface area (Å²) in [6.45, 7) is 2.48. The summed E-state index contributed by atoms with van der Waals surface area (Å²) in [6.07, 6.45) is 0. The number of benzene rings is 1.